The number of amidine groups is 2. The molecule has 1 aliphatic heterocycles. The van der Waals surface area contributed by atoms with E-state index in [1.165, 1.54) is 22.6 Å². The van der Waals surface area contributed by atoms with Gasteiger partial charge in [-0.3, -0.25) is 9.79 Å². The fourth-order valence-electron chi connectivity index (χ4n) is 3.77. The Labute approximate surface area is 213 Å². The van der Waals surface area contributed by atoms with Crippen molar-refractivity contribution in [2.45, 2.75) is 53.0 Å². The van der Waals surface area contributed by atoms with Crippen molar-refractivity contribution < 1.29 is 18.3 Å². The van der Waals surface area contributed by atoms with Gasteiger partial charge in [0.15, 0.2) is 17.4 Å². The van der Waals surface area contributed by atoms with Crippen LogP contribution >= 0.6 is 0 Å². The number of aliphatic imine (C=N–C) groups is 1. The molecule has 2 aromatic carbocycles. The first-order chi connectivity index (χ1) is 16.5. The third-order valence-electron chi connectivity index (χ3n) is 5.76. The van der Waals surface area contributed by atoms with Gasteiger partial charge in [-0.15, -0.1) is 4.40 Å². The van der Waals surface area contributed by atoms with E-state index in [9.17, 15) is 18.3 Å². The van der Waals surface area contributed by atoms with Gasteiger partial charge in [0.2, 0.25) is 0 Å². The normalized spacial score (nSPS) is 17.3. The molecule has 1 heterocycles. The Morgan fingerprint density at radius 1 is 1.06 bits per heavy atom. The molecular weight excluding hydrogens is 478 g/mol. The van der Waals surface area contributed by atoms with Crippen molar-refractivity contribution in [3.8, 4) is 5.75 Å². The second kappa shape index (κ2) is 9.57. The Bertz CT molecular complexity index is 1320. The molecule has 0 bridgehead atoms. The van der Waals surface area contributed by atoms with Gasteiger partial charge in [0, 0.05) is 14.1 Å². The van der Waals surface area contributed by atoms with Crippen LogP contribution in [0.25, 0.3) is 0 Å². The zero-order valence-electron chi connectivity index (χ0n) is 22.0. The number of carbonyl (C=O) groups is 1. The van der Waals surface area contributed by atoms with Crippen molar-refractivity contribution in [1.82, 2.24) is 9.62 Å². The predicted molar refractivity (Wildman–Crippen MR) is 144 cm³/mol. The van der Waals surface area contributed by atoms with Crippen LogP contribution in [0.15, 0.2) is 51.9 Å². The van der Waals surface area contributed by atoms with Crippen molar-refractivity contribution in [3.05, 3.63) is 59.2 Å². The van der Waals surface area contributed by atoms with Gasteiger partial charge in [-0.2, -0.15) is 8.42 Å². The van der Waals surface area contributed by atoms with E-state index in [1.807, 2.05) is 32.9 Å². The SMILES string of the molecule is CN(C)C(=O)c1cccc(NC2=NS(=O)(=O)NC2=NC(c2ccc(C(C)(C)C)cc2)C(C)(C)C)c1O. The third-order valence-corrected chi connectivity index (χ3v) is 6.63. The molecular formula is C26H35N5O4S. The zero-order valence-corrected chi connectivity index (χ0v) is 22.9. The molecule has 1 atom stereocenters. The number of nitrogens with one attached hydrogen (secondary N) is 2. The predicted octanol–water partition coefficient (Wildman–Crippen LogP) is 4.24. The van der Waals surface area contributed by atoms with Crippen LogP contribution in [0.1, 0.15) is 69.1 Å². The Morgan fingerprint density at radius 2 is 1.67 bits per heavy atom. The molecule has 0 spiro atoms. The number of rotatable bonds is 4. The fourth-order valence-corrected chi connectivity index (χ4v) is 4.59. The van der Waals surface area contributed by atoms with E-state index in [-0.39, 0.29) is 39.5 Å². The summed E-state index contributed by atoms with van der Waals surface area (Å²) < 4.78 is 30.9. The van der Waals surface area contributed by atoms with E-state index in [1.54, 1.807) is 20.2 Å². The summed E-state index contributed by atoms with van der Waals surface area (Å²) in [5, 5.41) is 13.5. The first kappa shape index (κ1) is 27.2. The molecule has 3 N–H and O–H groups in total. The molecule has 36 heavy (non-hydrogen) atoms. The molecule has 0 saturated heterocycles. The maximum Gasteiger partial charge on any atom is 0.345 e. The van der Waals surface area contributed by atoms with Crippen LogP contribution < -0.4 is 10.0 Å². The Hall–Kier alpha value is -3.40. The number of aromatic hydroxyl groups is 1. The number of nitrogens with zero attached hydrogens (tertiary/aromatic N) is 3. The Morgan fingerprint density at radius 3 is 2.19 bits per heavy atom. The summed E-state index contributed by atoms with van der Waals surface area (Å²) in [6, 6.07) is 12.3. The fraction of sp³-hybridized carbons (Fsp3) is 0.423. The number of amides is 1. The molecule has 0 radical (unpaired) electrons. The number of anilines is 1. The van der Waals surface area contributed by atoms with E-state index >= 15 is 0 Å². The highest BCUT2D eigenvalue weighted by Crippen LogP contribution is 2.38. The second-order valence-electron chi connectivity index (χ2n) is 11.2. The molecule has 0 fully saturated rings. The molecule has 9 nitrogen and oxygen atoms in total. The van der Waals surface area contributed by atoms with E-state index in [4.69, 9.17) is 4.99 Å². The molecule has 0 aromatic heterocycles. The molecule has 3 rings (SSSR count). The summed E-state index contributed by atoms with van der Waals surface area (Å²) >= 11 is 0. The highest BCUT2D eigenvalue weighted by molar-refractivity contribution is 7.89. The average molecular weight is 514 g/mol. The van der Waals surface area contributed by atoms with Crippen molar-refractivity contribution in [2.24, 2.45) is 14.8 Å². The van der Waals surface area contributed by atoms with Gasteiger partial charge < -0.3 is 15.3 Å². The summed E-state index contributed by atoms with van der Waals surface area (Å²) in [5.74, 6) is -0.748. The summed E-state index contributed by atoms with van der Waals surface area (Å²) in [4.78, 5) is 18.5. The molecule has 1 unspecified atom stereocenters. The lowest BCUT2D eigenvalue weighted by Gasteiger charge is -2.29. The van der Waals surface area contributed by atoms with Crippen LogP contribution in [0.5, 0.6) is 5.75 Å². The van der Waals surface area contributed by atoms with E-state index in [2.05, 4.69) is 47.3 Å². The number of phenolic OH excluding ortho intramolecular Hbond substituents is 1. The number of carbonyl (C=O) groups excluding carboxylic acids is 1. The highest BCUT2D eigenvalue weighted by atomic mass is 32.2. The van der Waals surface area contributed by atoms with Gasteiger partial charge in [-0.25, -0.2) is 4.72 Å². The molecule has 0 saturated carbocycles. The van der Waals surface area contributed by atoms with Crippen LogP contribution in [-0.2, 0) is 15.6 Å². The lowest BCUT2D eigenvalue weighted by Crippen LogP contribution is -2.32. The minimum Gasteiger partial charge on any atom is -0.505 e. The number of phenols is 1. The minimum absolute atomic E-state index is 0.00299. The molecule has 1 amide bonds. The van der Waals surface area contributed by atoms with Gasteiger partial charge in [-0.1, -0.05) is 71.9 Å². The molecule has 0 aliphatic carbocycles. The first-order valence-corrected chi connectivity index (χ1v) is 13.1. The van der Waals surface area contributed by atoms with Crippen molar-refractivity contribution in [1.29, 1.82) is 0 Å². The number of benzene rings is 2. The topological polar surface area (TPSA) is 123 Å². The van der Waals surface area contributed by atoms with E-state index in [0.29, 0.717) is 0 Å². The smallest absolute Gasteiger partial charge is 0.345 e. The number of hydrogen-bond donors (Lipinski definition) is 3. The van der Waals surface area contributed by atoms with Crippen LogP contribution in [0.4, 0.5) is 5.69 Å². The quantitative estimate of drug-likeness (QED) is 0.528. The molecule has 1 aliphatic rings. The van der Waals surface area contributed by atoms with Crippen molar-refractivity contribution >= 4 is 33.5 Å². The van der Waals surface area contributed by atoms with E-state index in [0.717, 1.165) is 5.56 Å². The van der Waals surface area contributed by atoms with Crippen molar-refractivity contribution in [2.75, 3.05) is 19.4 Å². The van der Waals surface area contributed by atoms with Gasteiger partial charge in [-0.05, 0) is 34.1 Å². The van der Waals surface area contributed by atoms with Crippen LogP contribution in [0, 0.1) is 5.41 Å². The first-order valence-electron chi connectivity index (χ1n) is 11.6. The highest BCUT2D eigenvalue weighted by Gasteiger charge is 2.32. The number of para-hydroxylation sites is 1. The van der Waals surface area contributed by atoms with E-state index < -0.39 is 22.2 Å². The van der Waals surface area contributed by atoms with Gasteiger partial charge >= 0.3 is 10.2 Å². The average Bonchev–Trinajstić information content (AvgIpc) is 3.04. The van der Waals surface area contributed by atoms with Crippen LogP contribution in [0.2, 0.25) is 0 Å². The Balaban J connectivity index is 2.03. The largest absolute Gasteiger partial charge is 0.505 e. The molecule has 2 aromatic rings. The lowest BCUT2D eigenvalue weighted by atomic mass is 9.81. The summed E-state index contributed by atoms with van der Waals surface area (Å²) in [7, 11) is -0.880. The van der Waals surface area contributed by atoms with Gasteiger partial charge in [0.25, 0.3) is 5.91 Å². The molecule has 194 valence electrons. The second-order valence-corrected chi connectivity index (χ2v) is 12.5. The Kier molecular flexibility index (Phi) is 7.23. The van der Waals surface area contributed by atoms with Crippen LogP contribution in [0.3, 0.4) is 0 Å². The maximum absolute atomic E-state index is 12.4. The zero-order chi connectivity index (χ0) is 27.1. The maximum atomic E-state index is 12.4. The van der Waals surface area contributed by atoms with Crippen molar-refractivity contribution in [3.63, 3.8) is 0 Å². The van der Waals surface area contributed by atoms with Gasteiger partial charge in [0.05, 0.1) is 17.3 Å². The standard InChI is InChI=1S/C26H35N5O4S/c1-25(2,3)17-14-12-16(13-15-17)21(26(4,5)6)28-23-22(29-36(34,35)30-23)27-19-11-9-10-18(20(19)32)24(33)31(7)8/h9-15,21,32H,1-8H3,(H,27,29)(H,28,30). The summed E-state index contributed by atoms with van der Waals surface area (Å²) in [6.07, 6.45) is 0. The van der Waals surface area contributed by atoms with Crippen LogP contribution in [-0.4, -0.2) is 50.1 Å². The molecule has 10 heteroatoms. The van der Waals surface area contributed by atoms with Gasteiger partial charge in [0.1, 0.15) is 0 Å². The summed E-state index contributed by atoms with van der Waals surface area (Å²) in [5.41, 5.74) is 1.96. The monoisotopic (exact) mass is 513 g/mol. The minimum atomic E-state index is -4.03. The summed E-state index contributed by atoms with van der Waals surface area (Å²) in [6.45, 7) is 12.5. The third kappa shape index (κ3) is 6.04. The lowest BCUT2D eigenvalue weighted by molar-refractivity contribution is 0.0824. The number of hydrogen-bond acceptors (Lipinski definition) is 6.